The van der Waals surface area contributed by atoms with Crippen LogP contribution in [0.2, 0.25) is 0 Å². The van der Waals surface area contributed by atoms with E-state index >= 15 is 0 Å². The van der Waals surface area contributed by atoms with Gasteiger partial charge in [-0.2, -0.15) is 18.2 Å². The van der Waals surface area contributed by atoms with Gasteiger partial charge in [-0.25, -0.2) is 14.8 Å². The summed E-state index contributed by atoms with van der Waals surface area (Å²) in [5, 5.41) is 5.68. The molecule has 3 heterocycles. The number of alkyl halides is 3. The van der Waals surface area contributed by atoms with E-state index in [4.69, 9.17) is 4.74 Å². The number of ether oxygens (including phenoxy) is 1. The zero-order chi connectivity index (χ0) is 21.0. The lowest BCUT2D eigenvalue weighted by atomic mass is 10.2. The number of halogens is 3. The SMILES string of the molecule is CN(C)c1ncccc1COC(=O)Nc1ccc(-c2noc(C(F)(F)F)n2)cn1. The van der Waals surface area contributed by atoms with Gasteiger partial charge >= 0.3 is 18.2 Å². The molecule has 0 aliphatic rings. The Hall–Kier alpha value is -3.70. The number of pyridine rings is 2. The maximum absolute atomic E-state index is 12.5. The minimum absolute atomic E-state index is 0.00561. The van der Waals surface area contributed by atoms with E-state index in [2.05, 4.69) is 29.9 Å². The molecule has 1 amide bonds. The summed E-state index contributed by atoms with van der Waals surface area (Å²) >= 11 is 0. The Balaban J connectivity index is 1.60. The molecule has 0 radical (unpaired) electrons. The summed E-state index contributed by atoms with van der Waals surface area (Å²) in [5.41, 5.74) is 0.905. The third-order valence-electron chi connectivity index (χ3n) is 3.57. The Labute approximate surface area is 162 Å². The van der Waals surface area contributed by atoms with Crippen molar-refractivity contribution in [3.63, 3.8) is 0 Å². The second kappa shape index (κ2) is 8.12. The first kappa shape index (κ1) is 20.0. The van der Waals surface area contributed by atoms with Crippen molar-refractivity contribution in [1.29, 1.82) is 0 Å². The summed E-state index contributed by atoms with van der Waals surface area (Å²) in [6, 6.07) is 6.27. The normalized spacial score (nSPS) is 11.2. The number of nitrogens with one attached hydrogen (secondary N) is 1. The minimum atomic E-state index is -4.73. The van der Waals surface area contributed by atoms with Crippen LogP contribution in [0.15, 0.2) is 41.2 Å². The first-order valence-electron chi connectivity index (χ1n) is 8.16. The maximum Gasteiger partial charge on any atom is 0.471 e. The molecule has 0 fully saturated rings. The van der Waals surface area contributed by atoms with Crippen molar-refractivity contribution >= 4 is 17.7 Å². The highest BCUT2D eigenvalue weighted by Crippen LogP contribution is 2.29. The van der Waals surface area contributed by atoms with Crippen LogP contribution in [0.1, 0.15) is 11.5 Å². The molecule has 3 rings (SSSR count). The lowest BCUT2D eigenvalue weighted by Gasteiger charge is -2.15. The van der Waals surface area contributed by atoms with E-state index in [-0.39, 0.29) is 23.8 Å². The smallest absolute Gasteiger partial charge is 0.444 e. The Morgan fingerprint density at radius 1 is 1.24 bits per heavy atom. The zero-order valence-electron chi connectivity index (χ0n) is 15.3. The molecule has 0 saturated heterocycles. The topological polar surface area (TPSA) is 106 Å². The molecule has 29 heavy (non-hydrogen) atoms. The van der Waals surface area contributed by atoms with Gasteiger partial charge in [0.25, 0.3) is 0 Å². The molecule has 0 saturated carbocycles. The Kier molecular flexibility index (Phi) is 5.61. The van der Waals surface area contributed by atoms with Crippen LogP contribution in [0, 0.1) is 0 Å². The van der Waals surface area contributed by atoms with E-state index in [0.717, 1.165) is 0 Å². The van der Waals surface area contributed by atoms with Crippen molar-refractivity contribution in [2.45, 2.75) is 12.8 Å². The van der Waals surface area contributed by atoms with Gasteiger partial charge in [0, 0.05) is 37.6 Å². The van der Waals surface area contributed by atoms with Gasteiger partial charge in [-0.15, -0.1) is 0 Å². The fourth-order valence-corrected chi connectivity index (χ4v) is 2.29. The molecule has 0 aliphatic heterocycles. The number of carbonyl (C=O) groups is 1. The highest BCUT2D eigenvalue weighted by Gasteiger charge is 2.38. The summed E-state index contributed by atoms with van der Waals surface area (Å²) < 4.78 is 46.9. The van der Waals surface area contributed by atoms with Gasteiger partial charge in [0.15, 0.2) is 0 Å². The van der Waals surface area contributed by atoms with Crippen LogP contribution in [0.3, 0.4) is 0 Å². The molecule has 3 aromatic rings. The monoisotopic (exact) mass is 408 g/mol. The maximum atomic E-state index is 12.5. The second-order valence-electron chi connectivity index (χ2n) is 5.93. The standard InChI is InChI=1S/C17H15F3N6O3/c1-26(2)14-11(4-3-7-21-14)9-28-16(27)23-12-6-5-10(8-22-12)13-24-15(29-25-13)17(18,19)20/h3-8H,9H2,1-2H3,(H,22,23,27). The number of anilines is 2. The van der Waals surface area contributed by atoms with E-state index in [9.17, 15) is 18.0 Å². The summed E-state index contributed by atoms with van der Waals surface area (Å²) in [6.07, 6.45) is -2.65. The van der Waals surface area contributed by atoms with Crippen molar-refractivity contribution in [2.24, 2.45) is 0 Å². The van der Waals surface area contributed by atoms with E-state index in [1.807, 2.05) is 14.1 Å². The molecule has 0 bridgehead atoms. The Morgan fingerprint density at radius 2 is 2.03 bits per heavy atom. The van der Waals surface area contributed by atoms with Crippen molar-refractivity contribution in [1.82, 2.24) is 20.1 Å². The molecule has 1 N–H and O–H groups in total. The molecule has 0 spiro atoms. The van der Waals surface area contributed by atoms with Gasteiger partial charge in [-0.1, -0.05) is 11.2 Å². The van der Waals surface area contributed by atoms with Gasteiger partial charge in [-0.05, 0) is 18.2 Å². The number of aromatic nitrogens is 4. The van der Waals surface area contributed by atoms with Crippen molar-refractivity contribution in [2.75, 3.05) is 24.3 Å². The first-order valence-corrected chi connectivity index (χ1v) is 8.16. The van der Waals surface area contributed by atoms with Crippen LogP contribution in [0.25, 0.3) is 11.4 Å². The van der Waals surface area contributed by atoms with Crippen LogP contribution in [-0.2, 0) is 17.5 Å². The van der Waals surface area contributed by atoms with E-state index in [1.54, 1.807) is 23.2 Å². The second-order valence-corrected chi connectivity index (χ2v) is 5.93. The van der Waals surface area contributed by atoms with Crippen LogP contribution >= 0.6 is 0 Å². The lowest BCUT2D eigenvalue weighted by molar-refractivity contribution is -0.159. The summed E-state index contributed by atoms with van der Waals surface area (Å²) in [5.74, 6) is -0.920. The fourth-order valence-electron chi connectivity index (χ4n) is 2.29. The predicted molar refractivity (Wildman–Crippen MR) is 94.9 cm³/mol. The summed E-state index contributed by atoms with van der Waals surface area (Å²) in [7, 11) is 3.64. The molecule has 9 nitrogen and oxygen atoms in total. The molecule has 0 aliphatic carbocycles. The van der Waals surface area contributed by atoms with Crippen LogP contribution in [0.4, 0.5) is 29.6 Å². The average Bonchev–Trinajstić information content (AvgIpc) is 3.18. The van der Waals surface area contributed by atoms with Gasteiger partial charge in [0.1, 0.15) is 18.2 Å². The third-order valence-corrected chi connectivity index (χ3v) is 3.57. The number of hydrogen-bond donors (Lipinski definition) is 1. The predicted octanol–water partition coefficient (Wildman–Crippen LogP) is 3.36. The van der Waals surface area contributed by atoms with Crippen LogP contribution < -0.4 is 10.2 Å². The molecule has 3 aromatic heterocycles. The molecule has 0 aromatic carbocycles. The van der Waals surface area contributed by atoms with Crippen molar-refractivity contribution in [3.8, 4) is 11.4 Å². The molecule has 0 atom stereocenters. The molecule has 12 heteroatoms. The Morgan fingerprint density at radius 3 is 2.66 bits per heavy atom. The van der Waals surface area contributed by atoms with E-state index < -0.39 is 18.2 Å². The first-order chi connectivity index (χ1) is 13.7. The zero-order valence-corrected chi connectivity index (χ0v) is 15.3. The average molecular weight is 408 g/mol. The Bertz CT molecular complexity index is 989. The van der Waals surface area contributed by atoms with E-state index in [1.165, 1.54) is 18.3 Å². The lowest BCUT2D eigenvalue weighted by Crippen LogP contribution is -2.17. The molecule has 0 unspecified atom stereocenters. The molecular formula is C17H15F3N6O3. The number of nitrogens with zero attached hydrogens (tertiary/aromatic N) is 5. The van der Waals surface area contributed by atoms with Crippen molar-refractivity contribution < 1.29 is 27.2 Å². The third kappa shape index (κ3) is 4.97. The molecular weight excluding hydrogens is 393 g/mol. The number of amides is 1. The summed E-state index contributed by atoms with van der Waals surface area (Å²) in [4.78, 5) is 25.2. The van der Waals surface area contributed by atoms with Gasteiger partial charge in [-0.3, -0.25) is 5.32 Å². The summed E-state index contributed by atoms with van der Waals surface area (Å²) in [6.45, 7) is -0.00561. The highest BCUT2D eigenvalue weighted by molar-refractivity contribution is 5.83. The fraction of sp³-hybridized carbons (Fsp3) is 0.235. The van der Waals surface area contributed by atoms with Gasteiger partial charge in [0.2, 0.25) is 5.82 Å². The largest absolute Gasteiger partial charge is 0.471 e. The van der Waals surface area contributed by atoms with Gasteiger partial charge < -0.3 is 14.2 Å². The van der Waals surface area contributed by atoms with Crippen LogP contribution in [0.5, 0.6) is 0 Å². The van der Waals surface area contributed by atoms with Crippen LogP contribution in [-0.4, -0.2) is 40.3 Å². The quantitative estimate of drug-likeness (QED) is 0.685. The number of rotatable bonds is 5. The van der Waals surface area contributed by atoms with Crippen molar-refractivity contribution in [3.05, 3.63) is 48.1 Å². The van der Waals surface area contributed by atoms with Gasteiger partial charge in [0.05, 0.1) is 0 Å². The molecule has 152 valence electrons. The minimum Gasteiger partial charge on any atom is -0.444 e. The highest BCUT2D eigenvalue weighted by atomic mass is 19.4. The van der Waals surface area contributed by atoms with E-state index in [0.29, 0.717) is 11.4 Å². The number of carbonyl (C=O) groups excluding carboxylic acids is 1. The number of hydrogen-bond acceptors (Lipinski definition) is 8.